The van der Waals surface area contributed by atoms with Crippen molar-refractivity contribution < 1.29 is 19.2 Å². The second-order valence-corrected chi connectivity index (χ2v) is 8.04. The van der Waals surface area contributed by atoms with Crippen molar-refractivity contribution in [1.82, 2.24) is 0 Å². The van der Waals surface area contributed by atoms with E-state index in [1.54, 1.807) is 19.1 Å². The van der Waals surface area contributed by atoms with E-state index in [2.05, 4.69) is 4.99 Å². The molecule has 0 bridgehead atoms. The Bertz CT molecular complexity index is 927. The van der Waals surface area contributed by atoms with E-state index in [0.29, 0.717) is 35.4 Å². The first-order chi connectivity index (χ1) is 14.0. The van der Waals surface area contributed by atoms with Crippen LogP contribution < -0.4 is 0 Å². The van der Waals surface area contributed by atoms with Gasteiger partial charge in [-0.15, -0.1) is 0 Å². The summed E-state index contributed by atoms with van der Waals surface area (Å²) < 4.78 is 5.78. The van der Waals surface area contributed by atoms with Gasteiger partial charge in [-0.25, -0.2) is 0 Å². The highest BCUT2D eigenvalue weighted by atomic mass is 16.6. The Morgan fingerprint density at radius 2 is 1.97 bits per heavy atom. The molecule has 1 saturated carbocycles. The summed E-state index contributed by atoms with van der Waals surface area (Å²) in [6.07, 6.45) is 5.49. The van der Waals surface area contributed by atoms with E-state index in [4.69, 9.17) is 4.74 Å². The second kappa shape index (κ2) is 7.89. The number of allylic oxidation sites excluding steroid dienone is 2. The molecular weight excluding hydrogens is 372 g/mol. The zero-order valence-electron chi connectivity index (χ0n) is 16.4. The van der Waals surface area contributed by atoms with Crippen molar-refractivity contribution in [2.45, 2.75) is 63.9 Å². The van der Waals surface area contributed by atoms with Crippen LogP contribution in [0.1, 0.15) is 63.4 Å². The molecule has 3 aliphatic rings. The molecule has 29 heavy (non-hydrogen) atoms. The van der Waals surface area contributed by atoms with Crippen LogP contribution in [0.15, 0.2) is 40.5 Å². The van der Waals surface area contributed by atoms with E-state index in [9.17, 15) is 19.7 Å². The maximum Gasteiger partial charge on any atom is 0.315 e. The molecule has 7 heteroatoms. The van der Waals surface area contributed by atoms with Crippen LogP contribution in [0.25, 0.3) is 0 Å². The summed E-state index contributed by atoms with van der Waals surface area (Å²) in [4.78, 5) is 41.5. The SMILES string of the molecule is CC1=NC2=C(C(=O)CCC2)[C@@H](c2cccc([N+](=O)[O-])c2)C1C(=O)OC1CCCC1. The number of rotatable bonds is 4. The van der Waals surface area contributed by atoms with Crippen molar-refractivity contribution in [2.24, 2.45) is 10.9 Å². The lowest BCUT2D eigenvalue weighted by atomic mass is 9.71. The van der Waals surface area contributed by atoms with Gasteiger partial charge in [-0.2, -0.15) is 0 Å². The number of ketones is 1. The molecule has 2 aliphatic carbocycles. The van der Waals surface area contributed by atoms with Gasteiger partial charge in [0, 0.05) is 41.5 Å². The van der Waals surface area contributed by atoms with Crippen LogP contribution in [0.5, 0.6) is 0 Å². The lowest BCUT2D eigenvalue weighted by Crippen LogP contribution is -2.38. The minimum absolute atomic E-state index is 0.0299. The maximum atomic E-state index is 13.2. The normalized spacial score (nSPS) is 24.9. The molecule has 0 radical (unpaired) electrons. The lowest BCUT2D eigenvalue weighted by molar-refractivity contribution is -0.384. The number of carbonyl (C=O) groups excluding carboxylic acids is 2. The van der Waals surface area contributed by atoms with Gasteiger partial charge in [0.1, 0.15) is 12.0 Å². The van der Waals surface area contributed by atoms with E-state index in [1.807, 2.05) is 0 Å². The number of nitro groups is 1. The third-order valence-corrected chi connectivity index (χ3v) is 6.11. The summed E-state index contributed by atoms with van der Waals surface area (Å²) in [6, 6.07) is 6.23. The molecule has 0 spiro atoms. The number of hydrogen-bond donors (Lipinski definition) is 0. The third-order valence-electron chi connectivity index (χ3n) is 6.11. The standard InChI is InChI=1S/C22H24N2O5/c1-13-19(22(26)29-16-8-2-3-9-16)20(14-6-4-7-15(12-14)24(27)28)21-17(23-13)10-5-11-18(21)25/h4,6-7,12,16,19-20H,2-3,5,8-11H2,1H3/t19?,20-/m0/s1. The Hall–Kier alpha value is -2.83. The van der Waals surface area contributed by atoms with Crippen molar-refractivity contribution >= 4 is 23.2 Å². The molecule has 1 fully saturated rings. The number of benzene rings is 1. The molecule has 1 heterocycles. The summed E-state index contributed by atoms with van der Waals surface area (Å²) >= 11 is 0. The maximum absolute atomic E-state index is 13.2. The van der Waals surface area contributed by atoms with E-state index >= 15 is 0 Å². The second-order valence-electron chi connectivity index (χ2n) is 8.04. The minimum Gasteiger partial charge on any atom is -0.462 e. The molecule has 1 unspecified atom stereocenters. The van der Waals surface area contributed by atoms with Gasteiger partial charge < -0.3 is 4.74 Å². The first-order valence-electron chi connectivity index (χ1n) is 10.2. The van der Waals surface area contributed by atoms with E-state index in [0.717, 1.165) is 32.1 Å². The van der Waals surface area contributed by atoms with Crippen molar-refractivity contribution in [2.75, 3.05) is 0 Å². The average Bonchev–Trinajstić information content (AvgIpc) is 3.20. The van der Waals surface area contributed by atoms with Crippen LogP contribution in [0.4, 0.5) is 5.69 Å². The summed E-state index contributed by atoms with van der Waals surface area (Å²) in [5.74, 6) is -1.75. The number of nitro benzene ring substituents is 1. The van der Waals surface area contributed by atoms with Crippen LogP contribution in [0.2, 0.25) is 0 Å². The van der Waals surface area contributed by atoms with Crippen molar-refractivity contribution in [1.29, 1.82) is 0 Å². The zero-order valence-corrected chi connectivity index (χ0v) is 16.4. The predicted octanol–water partition coefficient (Wildman–Crippen LogP) is 4.26. The van der Waals surface area contributed by atoms with Crippen LogP contribution in [0, 0.1) is 16.0 Å². The molecule has 0 amide bonds. The zero-order chi connectivity index (χ0) is 20.5. The molecular formula is C22H24N2O5. The van der Waals surface area contributed by atoms with Crippen molar-refractivity contribution in [3.63, 3.8) is 0 Å². The number of hydrogen-bond acceptors (Lipinski definition) is 6. The fourth-order valence-electron chi connectivity index (χ4n) is 4.75. The molecule has 4 rings (SSSR count). The smallest absolute Gasteiger partial charge is 0.315 e. The van der Waals surface area contributed by atoms with E-state index in [1.165, 1.54) is 12.1 Å². The molecule has 7 nitrogen and oxygen atoms in total. The van der Waals surface area contributed by atoms with E-state index in [-0.39, 0.29) is 23.5 Å². The highest BCUT2D eigenvalue weighted by molar-refractivity contribution is 6.08. The number of non-ortho nitro benzene ring substituents is 1. The van der Waals surface area contributed by atoms with Crippen LogP contribution in [-0.4, -0.2) is 28.5 Å². The largest absolute Gasteiger partial charge is 0.462 e. The highest BCUT2D eigenvalue weighted by Gasteiger charge is 2.44. The Kier molecular flexibility index (Phi) is 5.30. The quantitative estimate of drug-likeness (QED) is 0.430. The topological polar surface area (TPSA) is 98.9 Å². The van der Waals surface area contributed by atoms with Crippen LogP contribution in [0.3, 0.4) is 0 Å². The first-order valence-corrected chi connectivity index (χ1v) is 10.2. The molecule has 2 atom stereocenters. The molecule has 0 aromatic heterocycles. The highest BCUT2D eigenvalue weighted by Crippen LogP contribution is 2.44. The van der Waals surface area contributed by atoms with Crippen molar-refractivity contribution in [3.8, 4) is 0 Å². The fourth-order valence-corrected chi connectivity index (χ4v) is 4.75. The lowest BCUT2D eigenvalue weighted by Gasteiger charge is -2.34. The Morgan fingerprint density at radius 3 is 2.69 bits per heavy atom. The molecule has 1 aromatic carbocycles. The van der Waals surface area contributed by atoms with Gasteiger partial charge >= 0.3 is 5.97 Å². The van der Waals surface area contributed by atoms with Crippen LogP contribution in [-0.2, 0) is 14.3 Å². The summed E-state index contributed by atoms with van der Waals surface area (Å²) in [5, 5.41) is 11.3. The first kappa shape index (κ1) is 19.5. The van der Waals surface area contributed by atoms with Crippen LogP contribution >= 0.6 is 0 Å². The number of nitrogens with zero attached hydrogens (tertiary/aromatic N) is 2. The molecule has 1 aromatic rings. The summed E-state index contributed by atoms with van der Waals surface area (Å²) in [7, 11) is 0. The average molecular weight is 396 g/mol. The molecule has 0 saturated heterocycles. The number of ether oxygens (including phenoxy) is 1. The number of esters is 1. The molecule has 1 aliphatic heterocycles. The summed E-state index contributed by atoms with van der Waals surface area (Å²) in [5.41, 5.74) is 2.37. The predicted molar refractivity (Wildman–Crippen MR) is 107 cm³/mol. The Balaban J connectivity index is 1.78. The molecule has 152 valence electrons. The van der Waals surface area contributed by atoms with Gasteiger partial charge in [-0.1, -0.05) is 12.1 Å². The molecule has 0 N–H and O–H groups in total. The Labute approximate surface area is 169 Å². The van der Waals surface area contributed by atoms with Gasteiger partial charge in [0.2, 0.25) is 0 Å². The van der Waals surface area contributed by atoms with Gasteiger partial charge in [0.05, 0.1) is 4.92 Å². The number of carbonyl (C=O) groups is 2. The number of Topliss-reactive ketones (excluding diaryl/α,β-unsaturated/α-hetero) is 1. The van der Waals surface area contributed by atoms with Gasteiger partial charge in [0.15, 0.2) is 5.78 Å². The monoisotopic (exact) mass is 396 g/mol. The van der Waals surface area contributed by atoms with Crippen molar-refractivity contribution in [3.05, 3.63) is 51.2 Å². The summed E-state index contributed by atoms with van der Waals surface area (Å²) in [6.45, 7) is 1.79. The number of aliphatic imine (C=N–C) groups is 1. The van der Waals surface area contributed by atoms with E-state index < -0.39 is 16.8 Å². The minimum atomic E-state index is -0.738. The Morgan fingerprint density at radius 1 is 1.21 bits per heavy atom. The van der Waals surface area contributed by atoms with Gasteiger partial charge in [0.25, 0.3) is 5.69 Å². The van der Waals surface area contributed by atoms with Gasteiger partial charge in [-0.3, -0.25) is 24.7 Å². The third kappa shape index (κ3) is 3.73. The fraction of sp³-hybridized carbons (Fsp3) is 0.500. The van der Waals surface area contributed by atoms with Gasteiger partial charge in [-0.05, 0) is 51.0 Å².